The number of ether oxygens (including phenoxy) is 1. The van der Waals surface area contributed by atoms with Gasteiger partial charge in [-0.25, -0.2) is 0 Å². The van der Waals surface area contributed by atoms with Gasteiger partial charge < -0.3 is 4.74 Å². The van der Waals surface area contributed by atoms with E-state index in [-0.39, 0.29) is 0 Å². The Kier molecular flexibility index (Phi) is 4.44. The Morgan fingerprint density at radius 2 is 2.06 bits per heavy atom. The minimum Gasteiger partial charge on any atom is -0.382 e. The van der Waals surface area contributed by atoms with Crippen molar-refractivity contribution < 1.29 is 9.57 Å². The van der Waals surface area contributed by atoms with Crippen molar-refractivity contribution in [2.45, 2.75) is 6.54 Å². The number of hydrogen-bond acceptors (Lipinski definition) is 4. The zero-order valence-electron chi connectivity index (χ0n) is 9.85. The van der Waals surface area contributed by atoms with Crippen LogP contribution >= 0.6 is 0 Å². The maximum absolute atomic E-state index is 5.22. The van der Waals surface area contributed by atoms with E-state index in [0.29, 0.717) is 19.8 Å². The van der Waals surface area contributed by atoms with E-state index in [1.165, 1.54) is 0 Å². The van der Waals surface area contributed by atoms with Gasteiger partial charge in [-0.3, -0.25) is 9.82 Å². The van der Waals surface area contributed by atoms with Crippen molar-refractivity contribution in [3.8, 4) is 0 Å². The van der Waals surface area contributed by atoms with E-state index >= 15 is 0 Å². The summed E-state index contributed by atoms with van der Waals surface area (Å²) in [5.41, 5.74) is 5.05. The molecule has 0 saturated heterocycles. The van der Waals surface area contributed by atoms with Crippen LogP contribution in [0, 0.1) is 0 Å². The van der Waals surface area contributed by atoms with Crippen LogP contribution < -0.4 is 5.48 Å². The number of methoxy groups -OCH3 is 1. The first-order chi connectivity index (χ1) is 8.42. The van der Waals surface area contributed by atoms with Gasteiger partial charge in [0.1, 0.15) is 0 Å². The summed E-state index contributed by atoms with van der Waals surface area (Å²) >= 11 is 0. The largest absolute Gasteiger partial charge is 0.382 e. The van der Waals surface area contributed by atoms with Crippen LogP contribution in [0.4, 0.5) is 0 Å². The molecule has 1 aromatic heterocycles. The monoisotopic (exact) mass is 232 g/mol. The highest BCUT2D eigenvalue weighted by Crippen LogP contribution is 2.15. The van der Waals surface area contributed by atoms with Gasteiger partial charge in [-0.2, -0.15) is 5.48 Å². The van der Waals surface area contributed by atoms with E-state index in [1.807, 2.05) is 18.2 Å². The number of aromatic nitrogens is 1. The third kappa shape index (κ3) is 3.23. The van der Waals surface area contributed by atoms with E-state index in [0.717, 1.165) is 16.5 Å². The third-order valence-corrected chi connectivity index (χ3v) is 2.47. The molecule has 1 N–H and O–H groups in total. The fourth-order valence-electron chi connectivity index (χ4n) is 1.64. The topological polar surface area (TPSA) is 43.4 Å². The maximum atomic E-state index is 5.22. The lowest BCUT2D eigenvalue weighted by atomic mass is 10.1. The SMILES string of the molecule is COCCONCc1cccc2cccnc12. The van der Waals surface area contributed by atoms with Gasteiger partial charge in [0.15, 0.2) is 0 Å². The van der Waals surface area contributed by atoms with Crippen LogP contribution in [0.25, 0.3) is 10.9 Å². The molecule has 0 radical (unpaired) electrons. The summed E-state index contributed by atoms with van der Waals surface area (Å²) in [6.07, 6.45) is 1.80. The van der Waals surface area contributed by atoms with Gasteiger partial charge in [-0.15, -0.1) is 0 Å². The number of fused-ring (bicyclic) bond motifs is 1. The smallest absolute Gasteiger partial charge is 0.0916 e. The summed E-state index contributed by atoms with van der Waals surface area (Å²) in [5, 5.41) is 1.14. The Bertz CT molecular complexity index is 468. The lowest BCUT2D eigenvalue weighted by Crippen LogP contribution is -2.17. The standard InChI is InChI=1S/C13H16N2O2/c1-16-8-9-17-15-10-12-5-2-4-11-6-3-7-14-13(11)12/h2-7,15H,8-10H2,1H3. The molecule has 1 heterocycles. The van der Waals surface area contributed by atoms with Crippen molar-refractivity contribution in [3.05, 3.63) is 42.1 Å². The van der Waals surface area contributed by atoms with Gasteiger partial charge in [0, 0.05) is 25.2 Å². The van der Waals surface area contributed by atoms with E-state index < -0.39 is 0 Å². The fourth-order valence-corrected chi connectivity index (χ4v) is 1.64. The molecule has 0 fully saturated rings. The van der Waals surface area contributed by atoms with Crippen molar-refractivity contribution in [3.63, 3.8) is 0 Å². The Morgan fingerprint density at radius 3 is 2.94 bits per heavy atom. The second kappa shape index (κ2) is 6.30. The van der Waals surface area contributed by atoms with Crippen LogP contribution in [0.15, 0.2) is 36.5 Å². The predicted octanol–water partition coefficient (Wildman–Crippen LogP) is 1.90. The molecule has 4 nitrogen and oxygen atoms in total. The molecule has 0 spiro atoms. The zero-order valence-corrected chi connectivity index (χ0v) is 9.85. The molecule has 2 aromatic rings. The van der Waals surface area contributed by atoms with Crippen LogP contribution in [0.3, 0.4) is 0 Å². The third-order valence-electron chi connectivity index (χ3n) is 2.47. The minimum atomic E-state index is 0.536. The first-order valence-electron chi connectivity index (χ1n) is 5.58. The summed E-state index contributed by atoms with van der Waals surface area (Å²) in [4.78, 5) is 9.60. The van der Waals surface area contributed by atoms with Gasteiger partial charge in [0.25, 0.3) is 0 Å². The second-order valence-electron chi connectivity index (χ2n) is 3.65. The first kappa shape index (κ1) is 12.0. The van der Waals surface area contributed by atoms with Gasteiger partial charge in [-0.05, 0) is 11.6 Å². The summed E-state index contributed by atoms with van der Waals surface area (Å²) in [6, 6.07) is 10.1. The molecule has 0 aliphatic heterocycles. The summed E-state index contributed by atoms with van der Waals surface area (Å²) in [6.45, 7) is 1.76. The number of rotatable bonds is 6. The highest BCUT2D eigenvalue weighted by atomic mass is 16.7. The number of nitrogens with zero attached hydrogens (tertiary/aromatic N) is 1. The normalized spacial score (nSPS) is 10.9. The van der Waals surface area contributed by atoms with Crippen molar-refractivity contribution in [2.75, 3.05) is 20.3 Å². The van der Waals surface area contributed by atoms with Crippen LogP contribution in [0.2, 0.25) is 0 Å². The molecule has 17 heavy (non-hydrogen) atoms. The van der Waals surface area contributed by atoms with E-state index in [1.54, 1.807) is 13.3 Å². The molecule has 4 heteroatoms. The van der Waals surface area contributed by atoms with Crippen molar-refractivity contribution in [2.24, 2.45) is 0 Å². The molecule has 0 aliphatic rings. The number of nitrogens with one attached hydrogen (secondary N) is 1. The van der Waals surface area contributed by atoms with Crippen LogP contribution in [0.1, 0.15) is 5.56 Å². The second-order valence-corrected chi connectivity index (χ2v) is 3.65. The average Bonchev–Trinajstić information content (AvgIpc) is 2.39. The Balaban J connectivity index is 1.98. The van der Waals surface area contributed by atoms with Gasteiger partial charge in [0.05, 0.1) is 18.7 Å². The molecule has 0 saturated carbocycles. The first-order valence-corrected chi connectivity index (χ1v) is 5.58. The lowest BCUT2D eigenvalue weighted by molar-refractivity contribution is 0.00361. The number of hydroxylamine groups is 1. The molecule has 0 unspecified atom stereocenters. The van der Waals surface area contributed by atoms with Gasteiger partial charge in [-0.1, -0.05) is 24.3 Å². The fraction of sp³-hybridized carbons (Fsp3) is 0.308. The molecular formula is C13H16N2O2. The van der Waals surface area contributed by atoms with Crippen LogP contribution in [-0.4, -0.2) is 25.3 Å². The summed E-state index contributed by atoms with van der Waals surface area (Å²) in [7, 11) is 1.65. The summed E-state index contributed by atoms with van der Waals surface area (Å²) < 4.78 is 4.89. The molecule has 0 amide bonds. The molecule has 0 atom stereocenters. The van der Waals surface area contributed by atoms with E-state index in [2.05, 4.69) is 22.6 Å². The Hall–Kier alpha value is -1.49. The number of benzene rings is 1. The Labute approximate surface area is 101 Å². The predicted molar refractivity (Wildman–Crippen MR) is 66.4 cm³/mol. The lowest BCUT2D eigenvalue weighted by Gasteiger charge is -2.07. The molecule has 90 valence electrons. The minimum absolute atomic E-state index is 0.536. The molecule has 1 aromatic carbocycles. The van der Waals surface area contributed by atoms with Crippen molar-refractivity contribution in [1.82, 2.24) is 10.5 Å². The number of pyridine rings is 1. The highest BCUT2D eigenvalue weighted by Gasteiger charge is 2.00. The zero-order chi connectivity index (χ0) is 11.9. The maximum Gasteiger partial charge on any atom is 0.0916 e. The molecule has 0 aliphatic carbocycles. The molecular weight excluding hydrogens is 216 g/mol. The summed E-state index contributed by atoms with van der Waals surface area (Å²) in [5.74, 6) is 0. The van der Waals surface area contributed by atoms with Crippen LogP contribution in [0.5, 0.6) is 0 Å². The number of hydrogen-bond donors (Lipinski definition) is 1. The molecule has 0 bridgehead atoms. The quantitative estimate of drug-likeness (QED) is 0.610. The average molecular weight is 232 g/mol. The van der Waals surface area contributed by atoms with E-state index in [4.69, 9.17) is 9.57 Å². The van der Waals surface area contributed by atoms with Crippen molar-refractivity contribution in [1.29, 1.82) is 0 Å². The van der Waals surface area contributed by atoms with Gasteiger partial charge in [0.2, 0.25) is 0 Å². The number of para-hydroxylation sites is 1. The molecule has 2 rings (SSSR count). The van der Waals surface area contributed by atoms with Crippen molar-refractivity contribution >= 4 is 10.9 Å². The van der Waals surface area contributed by atoms with Gasteiger partial charge >= 0.3 is 0 Å². The van der Waals surface area contributed by atoms with E-state index in [9.17, 15) is 0 Å². The van der Waals surface area contributed by atoms with Crippen LogP contribution in [-0.2, 0) is 16.1 Å². The Morgan fingerprint density at radius 1 is 1.18 bits per heavy atom. The highest BCUT2D eigenvalue weighted by molar-refractivity contribution is 5.81.